The number of benzene rings is 1. The Balaban J connectivity index is 1.28. The molecule has 0 aliphatic carbocycles. The van der Waals surface area contributed by atoms with Crippen LogP contribution in [0.5, 0.6) is 0 Å². The van der Waals surface area contributed by atoms with Crippen LogP contribution in [0, 0.1) is 11.7 Å². The van der Waals surface area contributed by atoms with Gasteiger partial charge in [0.25, 0.3) is 0 Å². The minimum Gasteiger partial charge on any atom is -0.478 e. The van der Waals surface area contributed by atoms with E-state index in [2.05, 4.69) is 21.1 Å². The van der Waals surface area contributed by atoms with Gasteiger partial charge >= 0.3 is 5.97 Å². The van der Waals surface area contributed by atoms with E-state index < -0.39 is 5.97 Å². The summed E-state index contributed by atoms with van der Waals surface area (Å²) in [5, 5.41) is 9.96. The normalized spacial score (nSPS) is 15.2. The molecule has 1 N–H and O–H groups in total. The highest BCUT2D eigenvalue weighted by atomic mass is 19.1. The van der Waals surface area contributed by atoms with Crippen LogP contribution in [-0.4, -0.2) is 38.7 Å². The Hall–Kier alpha value is -2.96. The molecule has 0 spiro atoms. The molecule has 3 heterocycles. The van der Waals surface area contributed by atoms with Crippen LogP contribution in [0.25, 0.3) is 10.9 Å². The van der Waals surface area contributed by atoms with E-state index in [-0.39, 0.29) is 11.4 Å². The van der Waals surface area contributed by atoms with Gasteiger partial charge in [0.15, 0.2) is 0 Å². The number of rotatable bonds is 6. The molecular weight excluding hydrogens is 371 g/mol. The van der Waals surface area contributed by atoms with Crippen molar-refractivity contribution in [1.29, 1.82) is 0 Å². The molecule has 0 radical (unpaired) electrons. The van der Waals surface area contributed by atoms with Crippen LogP contribution >= 0.6 is 0 Å². The van der Waals surface area contributed by atoms with Crippen molar-refractivity contribution in [2.24, 2.45) is 13.0 Å². The molecule has 29 heavy (non-hydrogen) atoms. The monoisotopic (exact) mass is 396 g/mol. The van der Waals surface area contributed by atoms with Crippen molar-refractivity contribution in [2.75, 3.05) is 18.0 Å². The summed E-state index contributed by atoms with van der Waals surface area (Å²) in [7, 11) is 1.90. The van der Waals surface area contributed by atoms with Crippen LogP contribution in [0.2, 0.25) is 0 Å². The van der Waals surface area contributed by atoms with Gasteiger partial charge in [0, 0.05) is 44.1 Å². The minimum atomic E-state index is -1.01. The van der Waals surface area contributed by atoms with E-state index >= 15 is 0 Å². The predicted molar refractivity (Wildman–Crippen MR) is 110 cm³/mol. The maximum Gasteiger partial charge on any atom is 0.338 e. The number of carboxylic acids is 1. The summed E-state index contributed by atoms with van der Waals surface area (Å²) in [4.78, 5) is 21.4. The molecule has 1 aliphatic heterocycles. The van der Waals surface area contributed by atoms with Gasteiger partial charge in [-0.1, -0.05) is 12.1 Å². The molecule has 1 aromatic carbocycles. The Morgan fingerprint density at radius 1 is 1.24 bits per heavy atom. The number of halogens is 1. The van der Waals surface area contributed by atoms with Crippen LogP contribution in [0.1, 0.15) is 41.6 Å². The summed E-state index contributed by atoms with van der Waals surface area (Å²) in [6.45, 7) is 1.77. The number of fused-ring (bicyclic) bond motifs is 1. The van der Waals surface area contributed by atoms with Crippen molar-refractivity contribution >= 4 is 22.8 Å². The molecule has 7 heteroatoms. The zero-order valence-corrected chi connectivity index (χ0v) is 16.5. The van der Waals surface area contributed by atoms with Gasteiger partial charge in [-0.2, -0.15) is 0 Å². The fourth-order valence-corrected chi connectivity index (χ4v) is 4.30. The molecule has 3 aromatic rings. The van der Waals surface area contributed by atoms with Crippen molar-refractivity contribution in [3.8, 4) is 0 Å². The number of hydrogen-bond donors (Lipinski definition) is 1. The van der Waals surface area contributed by atoms with E-state index in [4.69, 9.17) is 5.11 Å². The lowest BCUT2D eigenvalue weighted by atomic mass is 9.91. The minimum absolute atomic E-state index is 0.108. The Morgan fingerprint density at radius 3 is 2.66 bits per heavy atom. The Labute approximate surface area is 169 Å². The number of carbonyl (C=O) groups is 1. The number of aryl methyl sites for hydroxylation is 2. The lowest BCUT2D eigenvalue weighted by Crippen LogP contribution is -2.34. The zero-order valence-electron chi connectivity index (χ0n) is 16.5. The van der Waals surface area contributed by atoms with Crippen molar-refractivity contribution in [2.45, 2.75) is 32.1 Å². The molecule has 6 nitrogen and oxygen atoms in total. The van der Waals surface area contributed by atoms with Gasteiger partial charge in [0.05, 0.1) is 11.1 Å². The van der Waals surface area contributed by atoms with E-state index in [1.54, 1.807) is 6.07 Å². The number of hydrogen-bond acceptors (Lipinski definition) is 4. The van der Waals surface area contributed by atoms with Crippen molar-refractivity contribution in [1.82, 2.24) is 14.5 Å². The fraction of sp³-hybridized carbons (Fsp3) is 0.409. The molecule has 2 aromatic heterocycles. The number of aromatic carboxylic acids is 1. The quantitative estimate of drug-likeness (QED) is 0.681. The van der Waals surface area contributed by atoms with Gasteiger partial charge in [-0.05, 0) is 49.7 Å². The predicted octanol–water partition coefficient (Wildman–Crippen LogP) is 4.04. The maximum absolute atomic E-state index is 14.0. The van der Waals surface area contributed by atoms with Crippen molar-refractivity contribution < 1.29 is 14.3 Å². The Morgan fingerprint density at radius 2 is 1.97 bits per heavy atom. The second-order valence-electron chi connectivity index (χ2n) is 7.80. The van der Waals surface area contributed by atoms with E-state index in [1.165, 1.54) is 24.0 Å². The fourth-order valence-electron chi connectivity index (χ4n) is 4.30. The van der Waals surface area contributed by atoms with Crippen LogP contribution in [0.15, 0.2) is 36.8 Å². The van der Waals surface area contributed by atoms with Crippen LogP contribution in [-0.2, 0) is 13.5 Å². The summed E-state index contributed by atoms with van der Waals surface area (Å²) >= 11 is 0. The lowest BCUT2D eigenvalue weighted by Gasteiger charge is -2.32. The SMILES string of the molecule is Cn1cc(CCCC2CCN(c3ncc(C(=O)O)cn3)CC2)c2cccc(F)c21. The van der Waals surface area contributed by atoms with Gasteiger partial charge in [-0.15, -0.1) is 0 Å². The van der Waals surface area contributed by atoms with Crippen LogP contribution < -0.4 is 4.90 Å². The number of carboxylic acid groups (broad SMARTS) is 1. The first-order valence-corrected chi connectivity index (χ1v) is 10.1. The Kier molecular flexibility index (Phi) is 5.47. The summed E-state index contributed by atoms with van der Waals surface area (Å²) in [6.07, 6.45) is 10.1. The highest BCUT2D eigenvalue weighted by molar-refractivity contribution is 5.86. The number of piperidine rings is 1. The van der Waals surface area contributed by atoms with Crippen LogP contribution in [0.4, 0.5) is 10.3 Å². The maximum atomic E-state index is 14.0. The highest BCUT2D eigenvalue weighted by Crippen LogP contribution is 2.28. The molecule has 0 bridgehead atoms. The summed E-state index contributed by atoms with van der Waals surface area (Å²) in [6, 6.07) is 5.29. The first kappa shape index (κ1) is 19.4. The van der Waals surface area contributed by atoms with E-state index in [9.17, 15) is 9.18 Å². The second kappa shape index (κ2) is 8.19. The number of aromatic nitrogens is 3. The van der Waals surface area contributed by atoms with Gasteiger partial charge in [-0.3, -0.25) is 0 Å². The third-order valence-electron chi connectivity index (χ3n) is 5.88. The van der Waals surface area contributed by atoms with Crippen molar-refractivity contribution in [3.05, 3.63) is 53.7 Å². The molecule has 0 amide bonds. The van der Waals surface area contributed by atoms with E-state index in [0.717, 1.165) is 50.6 Å². The van der Waals surface area contributed by atoms with Gasteiger partial charge < -0.3 is 14.6 Å². The van der Waals surface area contributed by atoms with Gasteiger partial charge in [0.2, 0.25) is 5.95 Å². The summed E-state index contributed by atoms with van der Waals surface area (Å²) in [5.74, 6) is 0.0916. The van der Waals surface area contributed by atoms with E-state index in [0.29, 0.717) is 17.4 Å². The molecule has 1 fully saturated rings. The largest absolute Gasteiger partial charge is 0.478 e. The molecule has 0 atom stereocenters. The summed E-state index contributed by atoms with van der Waals surface area (Å²) < 4.78 is 15.9. The summed E-state index contributed by atoms with van der Waals surface area (Å²) in [5.41, 5.74) is 2.01. The number of anilines is 1. The van der Waals surface area contributed by atoms with Crippen LogP contribution in [0.3, 0.4) is 0 Å². The lowest BCUT2D eigenvalue weighted by molar-refractivity contribution is 0.0696. The standard InChI is InChI=1S/C22H25FN4O2/c1-26-14-16(18-6-3-7-19(23)20(18)26)5-2-4-15-8-10-27(11-9-15)22-24-12-17(13-25-22)21(28)29/h3,6-7,12-15H,2,4-5,8-11H2,1H3,(H,28,29). The molecule has 0 saturated carbocycles. The molecular formula is C22H25FN4O2. The average molecular weight is 396 g/mol. The van der Waals surface area contributed by atoms with E-state index in [1.807, 2.05) is 17.7 Å². The molecule has 4 rings (SSSR count). The first-order chi connectivity index (χ1) is 14.0. The average Bonchev–Trinajstić information content (AvgIpc) is 3.05. The smallest absolute Gasteiger partial charge is 0.338 e. The number of nitrogens with zero attached hydrogens (tertiary/aromatic N) is 4. The number of para-hydroxylation sites is 1. The van der Waals surface area contributed by atoms with Gasteiger partial charge in [-0.25, -0.2) is 19.2 Å². The third kappa shape index (κ3) is 4.09. The first-order valence-electron chi connectivity index (χ1n) is 10.1. The second-order valence-corrected chi connectivity index (χ2v) is 7.80. The topological polar surface area (TPSA) is 71.2 Å². The molecule has 0 unspecified atom stereocenters. The molecule has 1 aliphatic rings. The third-order valence-corrected chi connectivity index (χ3v) is 5.88. The molecule has 152 valence electrons. The zero-order chi connectivity index (χ0) is 20.4. The van der Waals surface area contributed by atoms with Gasteiger partial charge in [0.1, 0.15) is 5.82 Å². The van der Waals surface area contributed by atoms with Crippen molar-refractivity contribution in [3.63, 3.8) is 0 Å². The molecule has 1 saturated heterocycles. The Bertz CT molecular complexity index is 1010. The highest BCUT2D eigenvalue weighted by Gasteiger charge is 2.21.